The maximum Gasteiger partial charge on any atom is 0.313 e. The number of hydrogen-bond donors (Lipinski definition) is 1. The number of aryl methyl sites for hydroxylation is 1. The molecule has 1 fully saturated rings. The number of ether oxygens (including phenoxy) is 2. The number of aliphatic carboxylic acids is 1. The highest BCUT2D eigenvalue weighted by atomic mass is 16.5. The molecule has 0 spiro atoms. The van der Waals surface area contributed by atoms with E-state index in [1.54, 1.807) is 7.11 Å². The Balaban J connectivity index is 2.40. The molecule has 98 valence electrons. The SMILES string of the molecule is COc1ccc(C)cc1C(C(=O)O)C1CCCO1. The van der Waals surface area contributed by atoms with E-state index >= 15 is 0 Å². The summed E-state index contributed by atoms with van der Waals surface area (Å²) in [7, 11) is 1.56. The Morgan fingerprint density at radius 3 is 2.89 bits per heavy atom. The average molecular weight is 250 g/mol. The zero-order valence-corrected chi connectivity index (χ0v) is 10.7. The Bertz CT molecular complexity index is 435. The van der Waals surface area contributed by atoms with Crippen LogP contribution in [0.2, 0.25) is 0 Å². The second-order valence-corrected chi connectivity index (χ2v) is 4.61. The Kier molecular flexibility index (Phi) is 3.87. The minimum atomic E-state index is -0.856. The van der Waals surface area contributed by atoms with Crippen molar-refractivity contribution in [1.29, 1.82) is 0 Å². The van der Waals surface area contributed by atoms with Gasteiger partial charge < -0.3 is 14.6 Å². The lowest BCUT2D eigenvalue weighted by Crippen LogP contribution is -2.26. The lowest BCUT2D eigenvalue weighted by molar-refractivity contribution is -0.142. The van der Waals surface area contributed by atoms with Crippen molar-refractivity contribution in [3.8, 4) is 5.75 Å². The molecule has 2 rings (SSSR count). The van der Waals surface area contributed by atoms with Gasteiger partial charge in [0.25, 0.3) is 0 Å². The van der Waals surface area contributed by atoms with E-state index in [1.165, 1.54) is 0 Å². The maximum atomic E-state index is 11.5. The van der Waals surface area contributed by atoms with Crippen LogP contribution in [0.1, 0.15) is 29.9 Å². The minimum absolute atomic E-state index is 0.252. The van der Waals surface area contributed by atoms with Crippen LogP contribution in [0.15, 0.2) is 18.2 Å². The topological polar surface area (TPSA) is 55.8 Å². The summed E-state index contributed by atoms with van der Waals surface area (Å²) in [5.74, 6) is -0.892. The number of carboxylic acid groups (broad SMARTS) is 1. The van der Waals surface area contributed by atoms with Crippen molar-refractivity contribution in [2.24, 2.45) is 0 Å². The molecular weight excluding hydrogens is 232 g/mol. The average Bonchev–Trinajstić information content (AvgIpc) is 2.83. The molecule has 0 aliphatic carbocycles. The molecule has 0 radical (unpaired) electrons. The normalized spacial score (nSPS) is 20.7. The predicted octanol–water partition coefficient (Wildman–Crippen LogP) is 2.35. The van der Waals surface area contributed by atoms with Crippen LogP contribution in [-0.2, 0) is 9.53 Å². The van der Waals surface area contributed by atoms with Gasteiger partial charge in [-0.05, 0) is 25.8 Å². The van der Waals surface area contributed by atoms with Gasteiger partial charge in [-0.3, -0.25) is 4.79 Å². The molecular formula is C14H18O4. The molecule has 1 heterocycles. The summed E-state index contributed by atoms with van der Waals surface area (Å²) in [5, 5.41) is 9.46. The molecule has 1 aromatic rings. The molecule has 4 nitrogen and oxygen atoms in total. The summed E-state index contributed by atoms with van der Waals surface area (Å²) < 4.78 is 10.8. The Morgan fingerprint density at radius 1 is 1.56 bits per heavy atom. The van der Waals surface area contributed by atoms with E-state index in [0.717, 1.165) is 18.4 Å². The van der Waals surface area contributed by atoms with Gasteiger partial charge in [0.2, 0.25) is 0 Å². The number of carboxylic acids is 1. The quantitative estimate of drug-likeness (QED) is 0.891. The number of rotatable bonds is 4. The van der Waals surface area contributed by atoms with Gasteiger partial charge in [-0.2, -0.15) is 0 Å². The summed E-state index contributed by atoms with van der Waals surface area (Å²) in [6, 6.07) is 5.60. The van der Waals surface area contributed by atoms with Gasteiger partial charge in [-0.1, -0.05) is 17.7 Å². The highest BCUT2D eigenvalue weighted by Gasteiger charge is 2.34. The molecule has 1 aliphatic heterocycles. The van der Waals surface area contributed by atoms with E-state index in [-0.39, 0.29) is 6.10 Å². The molecule has 0 aromatic heterocycles. The summed E-state index contributed by atoms with van der Waals surface area (Å²) >= 11 is 0. The van der Waals surface area contributed by atoms with Crippen LogP contribution in [0.5, 0.6) is 5.75 Å². The second kappa shape index (κ2) is 5.40. The van der Waals surface area contributed by atoms with Gasteiger partial charge in [0, 0.05) is 12.2 Å². The monoisotopic (exact) mass is 250 g/mol. The third-order valence-electron chi connectivity index (χ3n) is 3.32. The smallest absolute Gasteiger partial charge is 0.313 e. The molecule has 4 heteroatoms. The van der Waals surface area contributed by atoms with Crippen molar-refractivity contribution in [2.45, 2.75) is 31.8 Å². The van der Waals surface area contributed by atoms with E-state index < -0.39 is 11.9 Å². The fourth-order valence-corrected chi connectivity index (χ4v) is 2.45. The van der Waals surface area contributed by atoms with Gasteiger partial charge in [0.15, 0.2) is 0 Å². The molecule has 2 atom stereocenters. The lowest BCUT2D eigenvalue weighted by atomic mass is 9.90. The van der Waals surface area contributed by atoms with Gasteiger partial charge in [0.05, 0.1) is 13.2 Å². The van der Waals surface area contributed by atoms with E-state index in [2.05, 4.69) is 0 Å². The largest absolute Gasteiger partial charge is 0.496 e. The van der Waals surface area contributed by atoms with Crippen LogP contribution in [0.4, 0.5) is 0 Å². The standard InChI is InChI=1S/C14H18O4/c1-9-5-6-11(17-2)10(8-9)13(14(15)16)12-4-3-7-18-12/h5-6,8,12-13H,3-4,7H2,1-2H3,(H,15,16). The third kappa shape index (κ3) is 2.48. The second-order valence-electron chi connectivity index (χ2n) is 4.61. The van der Waals surface area contributed by atoms with E-state index in [4.69, 9.17) is 9.47 Å². The lowest BCUT2D eigenvalue weighted by Gasteiger charge is -2.21. The fraction of sp³-hybridized carbons (Fsp3) is 0.500. The zero-order valence-electron chi connectivity index (χ0n) is 10.7. The molecule has 1 aliphatic rings. The van der Waals surface area contributed by atoms with Crippen molar-refractivity contribution in [1.82, 2.24) is 0 Å². The minimum Gasteiger partial charge on any atom is -0.496 e. The molecule has 0 amide bonds. The van der Waals surface area contributed by atoms with Crippen molar-refractivity contribution >= 4 is 5.97 Å². The molecule has 0 bridgehead atoms. The molecule has 18 heavy (non-hydrogen) atoms. The van der Waals surface area contributed by atoms with Gasteiger partial charge >= 0.3 is 5.97 Å². The molecule has 0 saturated carbocycles. The summed E-state index contributed by atoms with van der Waals surface area (Å²) in [4.78, 5) is 11.5. The van der Waals surface area contributed by atoms with Crippen LogP contribution in [0.3, 0.4) is 0 Å². The highest BCUT2D eigenvalue weighted by Crippen LogP contribution is 2.35. The van der Waals surface area contributed by atoms with Crippen molar-refractivity contribution in [3.63, 3.8) is 0 Å². The van der Waals surface area contributed by atoms with Crippen LogP contribution in [0, 0.1) is 6.92 Å². The molecule has 2 unspecified atom stereocenters. The van der Waals surface area contributed by atoms with Crippen LogP contribution >= 0.6 is 0 Å². The Labute approximate surface area is 107 Å². The first-order chi connectivity index (χ1) is 8.63. The van der Waals surface area contributed by atoms with Crippen LogP contribution in [0.25, 0.3) is 0 Å². The summed E-state index contributed by atoms with van der Waals surface area (Å²) in [6.45, 7) is 2.58. The maximum absolute atomic E-state index is 11.5. The first kappa shape index (κ1) is 12.9. The van der Waals surface area contributed by atoms with Gasteiger partial charge in [-0.25, -0.2) is 0 Å². The fourth-order valence-electron chi connectivity index (χ4n) is 2.45. The first-order valence-electron chi connectivity index (χ1n) is 6.12. The van der Waals surface area contributed by atoms with E-state index in [0.29, 0.717) is 17.9 Å². The van der Waals surface area contributed by atoms with Crippen molar-refractivity contribution < 1.29 is 19.4 Å². The third-order valence-corrected chi connectivity index (χ3v) is 3.32. The predicted molar refractivity (Wildman–Crippen MR) is 67.1 cm³/mol. The number of hydrogen-bond acceptors (Lipinski definition) is 3. The molecule has 1 saturated heterocycles. The van der Waals surface area contributed by atoms with E-state index in [9.17, 15) is 9.90 Å². The molecule has 1 aromatic carbocycles. The van der Waals surface area contributed by atoms with Crippen molar-refractivity contribution in [2.75, 3.05) is 13.7 Å². The van der Waals surface area contributed by atoms with Crippen molar-refractivity contribution in [3.05, 3.63) is 29.3 Å². The van der Waals surface area contributed by atoms with Gasteiger partial charge in [0.1, 0.15) is 11.7 Å². The Morgan fingerprint density at radius 2 is 2.33 bits per heavy atom. The van der Waals surface area contributed by atoms with Crippen LogP contribution < -0.4 is 4.74 Å². The zero-order chi connectivity index (χ0) is 13.1. The van der Waals surface area contributed by atoms with Crippen LogP contribution in [-0.4, -0.2) is 30.9 Å². The number of benzene rings is 1. The highest BCUT2D eigenvalue weighted by molar-refractivity contribution is 5.78. The van der Waals surface area contributed by atoms with E-state index in [1.807, 2.05) is 25.1 Å². The summed E-state index contributed by atoms with van der Waals surface area (Å²) in [5.41, 5.74) is 1.73. The molecule has 1 N–H and O–H groups in total. The number of carbonyl (C=O) groups is 1. The van der Waals surface area contributed by atoms with Gasteiger partial charge in [-0.15, -0.1) is 0 Å². The first-order valence-corrected chi connectivity index (χ1v) is 6.12. The summed E-state index contributed by atoms with van der Waals surface area (Å²) in [6.07, 6.45) is 1.45. The number of methoxy groups -OCH3 is 1. The Hall–Kier alpha value is -1.55.